The molecule has 3 unspecified atom stereocenters. The molecule has 0 N–H and O–H groups in total. The van der Waals surface area contributed by atoms with Gasteiger partial charge >= 0.3 is 17.9 Å². The Balaban J connectivity index is 0.811. The summed E-state index contributed by atoms with van der Waals surface area (Å²) in [4.78, 5) is 48.1. The van der Waals surface area contributed by atoms with Gasteiger partial charge in [0.1, 0.15) is 56.8 Å². The number of ether oxygens (including phenoxy) is 6. The number of likely N-dealkylation sites (N-methyl/N-ethyl adjacent to an activating group) is 3. The predicted octanol–water partition coefficient (Wildman–Crippen LogP) is 12.0. The number of hydrogen-bond donors (Lipinski definition) is 0. The molecule has 0 radical (unpaired) electrons. The molecule has 3 aliphatic heterocycles. The molecule has 3 aliphatic rings. The molecular formula is C63H63N3O9. The van der Waals surface area contributed by atoms with Gasteiger partial charge in [-0.3, -0.25) is 14.7 Å². The monoisotopic (exact) mass is 1010 g/mol. The van der Waals surface area contributed by atoms with Crippen molar-refractivity contribution in [3.05, 3.63) is 249 Å². The third-order valence-electron chi connectivity index (χ3n) is 15.1. The summed E-state index contributed by atoms with van der Waals surface area (Å²) >= 11 is 0. The minimum Gasteiger partial charge on any atom is -0.457 e. The molecule has 12 nitrogen and oxygen atoms in total. The first-order valence-electron chi connectivity index (χ1n) is 25.6. The second-order valence-corrected chi connectivity index (χ2v) is 19.9. The van der Waals surface area contributed by atoms with Crippen molar-refractivity contribution in [2.75, 3.05) is 21.1 Å². The van der Waals surface area contributed by atoms with Gasteiger partial charge in [-0.25, -0.2) is 14.4 Å². The van der Waals surface area contributed by atoms with E-state index >= 15 is 0 Å². The van der Waals surface area contributed by atoms with Crippen molar-refractivity contribution < 1.29 is 42.8 Å². The highest BCUT2D eigenvalue weighted by atomic mass is 16.5. The number of nitrogens with zero attached hydrogens (tertiary/aromatic N) is 3. The van der Waals surface area contributed by atoms with Crippen LogP contribution in [0.25, 0.3) is 0 Å². The zero-order valence-corrected chi connectivity index (χ0v) is 43.2. The number of rotatable bonds is 15. The van der Waals surface area contributed by atoms with E-state index in [2.05, 4.69) is 93.0 Å². The minimum atomic E-state index is -0.724. The van der Waals surface area contributed by atoms with Crippen molar-refractivity contribution in [1.29, 1.82) is 0 Å². The van der Waals surface area contributed by atoms with Gasteiger partial charge in [0.2, 0.25) is 0 Å². The molecular weight excluding hydrogens is 943 g/mol. The van der Waals surface area contributed by atoms with E-state index in [1.807, 2.05) is 127 Å². The maximum atomic E-state index is 13.8. The Hall–Kier alpha value is -7.29. The van der Waals surface area contributed by atoms with Gasteiger partial charge in [0.05, 0.1) is 16.7 Å². The molecule has 10 rings (SSSR count). The van der Waals surface area contributed by atoms with Crippen LogP contribution in [0, 0.1) is 0 Å². The number of esters is 3. The average molecular weight is 1010 g/mol. The summed E-state index contributed by atoms with van der Waals surface area (Å²) in [6.07, 6.45) is -0.991. The van der Waals surface area contributed by atoms with Crippen LogP contribution in [0.4, 0.5) is 0 Å². The van der Waals surface area contributed by atoms with Crippen molar-refractivity contribution in [3.8, 4) is 0 Å². The second kappa shape index (κ2) is 22.7. The summed E-state index contributed by atoms with van der Waals surface area (Å²) in [5, 5.41) is 0. The SMILES string of the molecule is C[C@H]1[C@H](c2ccccc2)OC(c2ccc(COC(=O)c3cc(C(=O)OCc4ccc(C5O[C@@H](c6ccccc6)[C@H](C)N5C)cc4)cc(C(=O)OCc4ccc(C5O[C@@H](c6ccccc6)[C@H](C)N5C)cc4)c3)cc2)N1C. The zero-order valence-electron chi connectivity index (χ0n) is 43.2. The molecule has 384 valence electrons. The predicted molar refractivity (Wildman–Crippen MR) is 284 cm³/mol. The van der Waals surface area contributed by atoms with Gasteiger partial charge in [-0.15, -0.1) is 0 Å². The number of carbonyl (C=O) groups excluding carboxylic acids is 3. The van der Waals surface area contributed by atoms with Gasteiger partial charge in [0.15, 0.2) is 0 Å². The van der Waals surface area contributed by atoms with E-state index < -0.39 is 17.9 Å². The lowest BCUT2D eigenvalue weighted by Crippen LogP contribution is -2.27. The van der Waals surface area contributed by atoms with E-state index in [0.29, 0.717) is 0 Å². The van der Waals surface area contributed by atoms with Gasteiger partial charge in [-0.05, 0) is 110 Å². The molecule has 0 amide bonds. The van der Waals surface area contributed by atoms with Crippen molar-refractivity contribution in [3.63, 3.8) is 0 Å². The van der Waals surface area contributed by atoms with Crippen LogP contribution in [0.2, 0.25) is 0 Å². The molecule has 3 heterocycles. The van der Waals surface area contributed by atoms with E-state index in [-0.39, 0.29) is 91.6 Å². The minimum absolute atomic E-state index is 0.00362. The molecule has 0 aromatic heterocycles. The van der Waals surface area contributed by atoms with Gasteiger partial charge in [0.25, 0.3) is 0 Å². The van der Waals surface area contributed by atoms with Crippen LogP contribution in [0.3, 0.4) is 0 Å². The fraction of sp³-hybridized carbons (Fsp3) is 0.286. The summed E-state index contributed by atoms with van der Waals surface area (Å²) in [5.74, 6) is -2.17. The maximum absolute atomic E-state index is 13.8. The van der Waals surface area contributed by atoms with Crippen molar-refractivity contribution in [2.24, 2.45) is 0 Å². The summed E-state index contributed by atoms with van der Waals surface area (Å²) in [6.45, 7) is 6.31. The molecule has 0 saturated carbocycles. The van der Waals surface area contributed by atoms with Gasteiger partial charge in [-0.2, -0.15) is 0 Å². The van der Waals surface area contributed by atoms with Crippen LogP contribution < -0.4 is 0 Å². The van der Waals surface area contributed by atoms with E-state index in [1.54, 1.807) is 0 Å². The van der Waals surface area contributed by atoms with E-state index in [0.717, 1.165) is 50.1 Å². The third kappa shape index (κ3) is 11.2. The Morgan fingerprint density at radius 2 is 0.600 bits per heavy atom. The Morgan fingerprint density at radius 1 is 0.360 bits per heavy atom. The summed E-state index contributed by atoms with van der Waals surface area (Å²) in [6, 6.07) is 58.5. The zero-order chi connectivity index (χ0) is 52.2. The molecule has 7 aromatic carbocycles. The fourth-order valence-electron chi connectivity index (χ4n) is 10.3. The summed E-state index contributed by atoms with van der Waals surface area (Å²) in [5.41, 5.74) is 8.54. The lowest BCUT2D eigenvalue weighted by Gasteiger charge is -2.21. The lowest BCUT2D eigenvalue weighted by atomic mass is 10.0. The average Bonchev–Trinajstić information content (AvgIpc) is 4.05. The quantitative estimate of drug-likeness (QED) is 0.0719. The number of carbonyl (C=O) groups is 3. The fourth-order valence-corrected chi connectivity index (χ4v) is 10.3. The lowest BCUT2D eigenvalue weighted by molar-refractivity contribution is 0.00548. The Kier molecular flexibility index (Phi) is 15.5. The van der Waals surface area contributed by atoms with E-state index in [1.165, 1.54) is 18.2 Å². The summed E-state index contributed by atoms with van der Waals surface area (Å²) in [7, 11) is 6.15. The van der Waals surface area contributed by atoms with Gasteiger partial charge < -0.3 is 28.4 Å². The molecule has 0 spiro atoms. The van der Waals surface area contributed by atoms with Crippen LogP contribution in [0.1, 0.15) is 139 Å². The topological polar surface area (TPSA) is 116 Å². The molecule has 0 aliphatic carbocycles. The Bertz CT molecular complexity index is 2720. The molecule has 12 heteroatoms. The first-order chi connectivity index (χ1) is 36.4. The molecule has 7 aromatic rings. The third-order valence-corrected chi connectivity index (χ3v) is 15.1. The largest absolute Gasteiger partial charge is 0.457 e. The molecule has 75 heavy (non-hydrogen) atoms. The molecule has 9 atom stereocenters. The van der Waals surface area contributed by atoms with E-state index in [9.17, 15) is 14.4 Å². The Morgan fingerprint density at radius 3 is 0.840 bits per heavy atom. The highest BCUT2D eigenvalue weighted by Crippen LogP contribution is 2.44. The van der Waals surface area contributed by atoms with Gasteiger partial charge in [0, 0.05) is 18.1 Å². The smallest absolute Gasteiger partial charge is 0.338 e. The molecule has 0 bridgehead atoms. The normalized spacial score (nSPS) is 24.0. The first kappa shape index (κ1) is 51.2. The molecule has 3 fully saturated rings. The number of benzene rings is 7. The maximum Gasteiger partial charge on any atom is 0.338 e. The van der Waals surface area contributed by atoms with Crippen LogP contribution in [0.5, 0.6) is 0 Å². The molecule has 3 saturated heterocycles. The first-order valence-corrected chi connectivity index (χ1v) is 25.6. The Labute approximate surface area is 439 Å². The summed E-state index contributed by atoms with van der Waals surface area (Å²) < 4.78 is 37.1. The van der Waals surface area contributed by atoms with Crippen molar-refractivity contribution in [1.82, 2.24) is 14.7 Å². The van der Waals surface area contributed by atoms with Crippen LogP contribution in [-0.2, 0) is 48.2 Å². The highest BCUT2D eigenvalue weighted by molar-refractivity contribution is 6.00. The van der Waals surface area contributed by atoms with E-state index in [4.69, 9.17) is 28.4 Å². The van der Waals surface area contributed by atoms with Crippen LogP contribution in [0.15, 0.2) is 182 Å². The highest BCUT2D eigenvalue weighted by Gasteiger charge is 2.41. The van der Waals surface area contributed by atoms with Crippen molar-refractivity contribution in [2.45, 2.75) is 95.7 Å². The van der Waals surface area contributed by atoms with Gasteiger partial charge in [-0.1, -0.05) is 164 Å². The number of hydrogen-bond acceptors (Lipinski definition) is 12. The van der Waals surface area contributed by atoms with Crippen molar-refractivity contribution >= 4 is 17.9 Å². The standard InChI is InChI=1S/C63H63N3O9/c1-40-55(46-16-10-7-11-17-46)73-58(64(40)4)49-28-22-43(23-29-49)37-70-61(67)52-34-53(62(68)71-38-44-24-30-50(31-25-44)59-65(5)41(2)56(74-59)47-18-12-8-13-19-47)36-54(35-52)63(69)72-39-45-26-32-51(33-27-45)60-66(6)42(3)57(75-60)48-20-14-9-15-21-48/h7-36,40-42,55-60H,37-39H2,1-6H3/t40-,41-,42-,55+,56+,57+,58?,59?,60?/m0/s1. The van der Waals surface area contributed by atoms with Crippen LogP contribution in [-0.4, -0.2) is 71.9 Å². The van der Waals surface area contributed by atoms with Crippen LogP contribution >= 0.6 is 0 Å². The second-order valence-electron chi connectivity index (χ2n) is 19.9.